The van der Waals surface area contributed by atoms with Crippen molar-refractivity contribution in [3.05, 3.63) is 23.1 Å². The van der Waals surface area contributed by atoms with Gasteiger partial charge in [0.05, 0.1) is 5.02 Å². The van der Waals surface area contributed by atoms with Crippen molar-refractivity contribution in [3.63, 3.8) is 0 Å². The van der Waals surface area contributed by atoms with Gasteiger partial charge in [0.25, 0.3) is 0 Å². The number of anilines is 1. The Morgan fingerprint density at radius 1 is 1.60 bits per heavy atom. The molecule has 1 aromatic rings. The second-order valence-electron chi connectivity index (χ2n) is 4.14. The van der Waals surface area contributed by atoms with Crippen molar-refractivity contribution in [2.24, 2.45) is 5.92 Å². The minimum Gasteiger partial charge on any atom is -0.357 e. The summed E-state index contributed by atoms with van der Waals surface area (Å²) >= 11 is 5.64. The van der Waals surface area contributed by atoms with Crippen LogP contribution in [0.15, 0.2) is 12.3 Å². The van der Waals surface area contributed by atoms with Gasteiger partial charge in [0.2, 0.25) is 0 Å². The first-order valence-electron chi connectivity index (χ1n) is 5.19. The molecule has 15 heavy (non-hydrogen) atoms. The molecule has 0 radical (unpaired) electrons. The van der Waals surface area contributed by atoms with Crippen LogP contribution in [0, 0.1) is 11.7 Å². The molecule has 0 aromatic carbocycles. The van der Waals surface area contributed by atoms with Crippen LogP contribution in [0.4, 0.5) is 10.2 Å². The predicted molar refractivity (Wildman–Crippen MR) is 59.8 cm³/mol. The van der Waals surface area contributed by atoms with E-state index in [0.717, 1.165) is 6.54 Å². The van der Waals surface area contributed by atoms with E-state index < -0.39 is 0 Å². The van der Waals surface area contributed by atoms with E-state index in [0.29, 0.717) is 16.8 Å². The van der Waals surface area contributed by atoms with Gasteiger partial charge in [-0.1, -0.05) is 18.0 Å². The Balaban J connectivity index is 2.06. The van der Waals surface area contributed by atoms with Crippen molar-refractivity contribution < 1.29 is 4.39 Å². The molecule has 1 aliphatic rings. The molecule has 0 amide bonds. The molecule has 0 atom stereocenters. The monoisotopic (exact) mass is 228 g/mol. The fourth-order valence-corrected chi connectivity index (χ4v) is 1.98. The Hall–Kier alpha value is -0.830. The van der Waals surface area contributed by atoms with Crippen LogP contribution < -0.4 is 4.90 Å². The zero-order chi connectivity index (χ0) is 10.8. The minimum atomic E-state index is -0.343. The van der Waals surface area contributed by atoms with Gasteiger partial charge in [0, 0.05) is 19.8 Å². The number of rotatable bonds is 3. The summed E-state index contributed by atoms with van der Waals surface area (Å²) in [6, 6.07) is 1.31. The first-order chi connectivity index (χ1) is 7.16. The molecule has 0 N–H and O–H groups in total. The van der Waals surface area contributed by atoms with Gasteiger partial charge in [-0.25, -0.2) is 9.37 Å². The Bertz CT molecular complexity index is 352. The van der Waals surface area contributed by atoms with E-state index in [1.807, 2.05) is 11.9 Å². The molecule has 1 heterocycles. The highest BCUT2D eigenvalue weighted by atomic mass is 35.5. The van der Waals surface area contributed by atoms with Crippen LogP contribution >= 0.6 is 11.6 Å². The van der Waals surface area contributed by atoms with Crippen LogP contribution in [-0.2, 0) is 0 Å². The summed E-state index contributed by atoms with van der Waals surface area (Å²) in [6.07, 6.45) is 5.28. The molecule has 0 unspecified atom stereocenters. The van der Waals surface area contributed by atoms with E-state index in [2.05, 4.69) is 4.98 Å². The van der Waals surface area contributed by atoms with Crippen molar-refractivity contribution in [3.8, 4) is 0 Å². The number of hydrogen-bond donors (Lipinski definition) is 0. The first kappa shape index (κ1) is 10.7. The van der Waals surface area contributed by atoms with E-state index in [1.165, 1.54) is 31.5 Å². The number of aromatic nitrogens is 1. The molecule has 0 saturated heterocycles. The molecule has 2 nitrogen and oxygen atoms in total. The molecular formula is C11H14ClFN2. The Morgan fingerprint density at radius 3 is 2.87 bits per heavy atom. The largest absolute Gasteiger partial charge is 0.357 e. The Morgan fingerprint density at radius 2 is 2.33 bits per heavy atom. The highest BCUT2D eigenvalue weighted by Crippen LogP contribution is 2.28. The van der Waals surface area contributed by atoms with E-state index in [9.17, 15) is 4.39 Å². The molecule has 1 fully saturated rings. The molecule has 0 bridgehead atoms. The van der Waals surface area contributed by atoms with Crippen LogP contribution in [0.5, 0.6) is 0 Å². The van der Waals surface area contributed by atoms with Crippen molar-refractivity contribution in [2.45, 2.75) is 19.3 Å². The van der Waals surface area contributed by atoms with Crippen LogP contribution in [0.3, 0.4) is 0 Å². The zero-order valence-electron chi connectivity index (χ0n) is 8.71. The van der Waals surface area contributed by atoms with E-state index in [1.54, 1.807) is 0 Å². The van der Waals surface area contributed by atoms with Crippen molar-refractivity contribution in [1.29, 1.82) is 0 Å². The minimum absolute atomic E-state index is 0.341. The van der Waals surface area contributed by atoms with Crippen LogP contribution in [0.2, 0.25) is 5.02 Å². The molecule has 1 aromatic heterocycles. The number of pyridine rings is 1. The third kappa shape index (κ3) is 2.40. The maximum atomic E-state index is 13.5. The second kappa shape index (κ2) is 4.35. The molecule has 4 heteroatoms. The molecule has 0 spiro atoms. The van der Waals surface area contributed by atoms with E-state index in [-0.39, 0.29) is 5.82 Å². The molecule has 82 valence electrons. The van der Waals surface area contributed by atoms with E-state index >= 15 is 0 Å². The number of halogens is 2. The summed E-state index contributed by atoms with van der Waals surface area (Å²) in [7, 11) is 1.87. The van der Waals surface area contributed by atoms with Crippen molar-refractivity contribution in [2.75, 3.05) is 18.5 Å². The lowest BCUT2D eigenvalue weighted by Gasteiger charge is -2.30. The van der Waals surface area contributed by atoms with Gasteiger partial charge >= 0.3 is 0 Å². The third-order valence-electron chi connectivity index (χ3n) is 2.91. The van der Waals surface area contributed by atoms with Gasteiger partial charge in [-0.05, 0) is 24.8 Å². The van der Waals surface area contributed by atoms with Gasteiger partial charge in [-0.15, -0.1) is 0 Å². The van der Waals surface area contributed by atoms with Crippen LogP contribution in [-0.4, -0.2) is 18.6 Å². The standard InChI is InChI=1S/C11H14ClFN2/c1-15(7-8-3-2-4-8)11-10(13)5-9(12)6-14-11/h5-6,8H,2-4,7H2,1H3. The second-order valence-corrected chi connectivity index (χ2v) is 4.57. The highest BCUT2D eigenvalue weighted by molar-refractivity contribution is 6.30. The fraction of sp³-hybridized carbons (Fsp3) is 0.545. The molecular weight excluding hydrogens is 215 g/mol. The quantitative estimate of drug-likeness (QED) is 0.790. The SMILES string of the molecule is CN(CC1CCC1)c1ncc(Cl)cc1F. The number of hydrogen-bond acceptors (Lipinski definition) is 2. The average molecular weight is 229 g/mol. The predicted octanol–water partition coefficient (Wildman–Crippen LogP) is 3.11. The van der Waals surface area contributed by atoms with Gasteiger partial charge < -0.3 is 4.90 Å². The maximum Gasteiger partial charge on any atom is 0.167 e. The summed E-state index contributed by atoms with van der Waals surface area (Å²) in [6.45, 7) is 0.881. The van der Waals surface area contributed by atoms with Crippen LogP contribution in [0.1, 0.15) is 19.3 Å². The highest BCUT2D eigenvalue weighted by Gasteiger charge is 2.20. The summed E-state index contributed by atoms with van der Waals surface area (Å²) in [4.78, 5) is 5.88. The smallest absolute Gasteiger partial charge is 0.167 e. The summed E-state index contributed by atoms with van der Waals surface area (Å²) in [5.41, 5.74) is 0. The lowest BCUT2D eigenvalue weighted by atomic mass is 9.85. The van der Waals surface area contributed by atoms with Gasteiger partial charge in [0.1, 0.15) is 0 Å². The van der Waals surface area contributed by atoms with Gasteiger partial charge in [-0.3, -0.25) is 0 Å². The lowest BCUT2D eigenvalue weighted by Crippen LogP contribution is -2.30. The molecule has 1 saturated carbocycles. The summed E-state index contributed by atoms with van der Waals surface area (Å²) in [5.74, 6) is 0.752. The normalized spacial score (nSPS) is 16.2. The average Bonchev–Trinajstić information content (AvgIpc) is 2.11. The molecule has 2 rings (SSSR count). The zero-order valence-corrected chi connectivity index (χ0v) is 9.47. The number of nitrogens with zero attached hydrogens (tertiary/aromatic N) is 2. The maximum absolute atomic E-state index is 13.5. The summed E-state index contributed by atoms with van der Waals surface area (Å²) in [5, 5.41) is 0.341. The first-order valence-corrected chi connectivity index (χ1v) is 5.57. The Kier molecular flexibility index (Phi) is 3.10. The fourth-order valence-electron chi connectivity index (χ4n) is 1.84. The lowest BCUT2D eigenvalue weighted by molar-refractivity contribution is 0.320. The summed E-state index contributed by atoms with van der Waals surface area (Å²) < 4.78 is 13.5. The third-order valence-corrected chi connectivity index (χ3v) is 3.11. The van der Waals surface area contributed by atoms with E-state index in [4.69, 9.17) is 11.6 Å². The topological polar surface area (TPSA) is 16.1 Å². The van der Waals surface area contributed by atoms with Gasteiger partial charge in [-0.2, -0.15) is 0 Å². The Labute approximate surface area is 94.1 Å². The van der Waals surface area contributed by atoms with Crippen LogP contribution in [0.25, 0.3) is 0 Å². The molecule has 0 aliphatic heterocycles. The molecule has 1 aliphatic carbocycles. The van der Waals surface area contributed by atoms with Gasteiger partial charge in [0.15, 0.2) is 11.6 Å². The van der Waals surface area contributed by atoms with Crippen molar-refractivity contribution in [1.82, 2.24) is 4.98 Å². The van der Waals surface area contributed by atoms with Crippen molar-refractivity contribution >= 4 is 17.4 Å².